The summed E-state index contributed by atoms with van der Waals surface area (Å²) in [6, 6.07) is 11.1. The quantitative estimate of drug-likeness (QED) is 0.708. The highest BCUT2D eigenvalue weighted by Crippen LogP contribution is 2.21. The topological polar surface area (TPSA) is 43.6 Å². The molecule has 124 valence electrons. The van der Waals surface area contributed by atoms with Gasteiger partial charge in [-0.15, -0.1) is 0 Å². The number of amides is 1. The van der Waals surface area contributed by atoms with E-state index in [4.69, 9.17) is 16.3 Å². The van der Waals surface area contributed by atoms with E-state index in [1.165, 1.54) is 22.5 Å². The number of nitrogens with zero attached hydrogens (tertiary/aromatic N) is 2. The average molecular weight is 361 g/mol. The first-order valence-corrected chi connectivity index (χ1v) is 8.66. The highest BCUT2D eigenvalue weighted by Gasteiger charge is 2.07. The number of carbonyl (C=O) groups is 1. The molecular formula is C18H17ClN2O2S. The summed E-state index contributed by atoms with van der Waals surface area (Å²) < 4.78 is 8.49. The second-order valence-electron chi connectivity index (χ2n) is 5.60. The molecule has 0 fully saturated rings. The Hall–Kier alpha value is -2.11. The molecule has 0 saturated carbocycles. The number of ether oxygens (including phenoxy) is 1. The number of benzene rings is 2. The van der Waals surface area contributed by atoms with Crippen molar-refractivity contribution in [3.05, 3.63) is 57.3 Å². The van der Waals surface area contributed by atoms with Gasteiger partial charge in [0.2, 0.25) is 0 Å². The lowest BCUT2D eigenvalue weighted by atomic mass is 10.1. The maximum absolute atomic E-state index is 12.1. The van der Waals surface area contributed by atoms with Gasteiger partial charge < -0.3 is 9.30 Å². The number of thiazole rings is 1. The van der Waals surface area contributed by atoms with Gasteiger partial charge in [0.1, 0.15) is 5.75 Å². The summed E-state index contributed by atoms with van der Waals surface area (Å²) in [7, 11) is 1.92. The zero-order chi connectivity index (χ0) is 17.3. The predicted molar refractivity (Wildman–Crippen MR) is 97.8 cm³/mol. The molecule has 0 aliphatic rings. The second-order valence-corrected chi connectivity index (χ2v) is 7.04. The minimum atomic E-state index is -0.319. The van der Waals surface area contributed by atoms with Crippen LogP contribution in [0, 0.1) is 13.8 Å². The fourth-order valence-electron chi connectivity index (χ4n) is 2.30. The van der Waals surface area contributed by atoms with Gasteiger partial charge >= 0.3 is 0 Å². The molecule has 0 bridgehead atoms. The monoisotopic (exact) mass is 360 g/mol. The van der Waals surface area contributed by atoms with E-state index in [1.54, 1.807) is 24.3 Å². The largest absolute Gasteiger partial charge is 0.484 e. The number of carbonyl (C=O) groups excluding carboxylic acids is 1. The van der Waals surface area contributed by atoms with Crippen LogP contribution in [0.3, 0.4) is 0 Å². The Labute approximate surface area is 149 Å². The summed E-state index contributed by atoms with van der Waals surface area (Å²) in [6.45, 7) is 4.05. The van der Waals surface area contributed by atoms with Crippen LogP contribution in [0.15, 0.2) is 41.4 Å². The number of hydrogen-bond donors (Lipinski definition) is 0. The number of aryl methyl sites for hydroxylation is 3. The molecule has 0 N–H and O–H groups in total. The molecule has 3 aromatic rings. The Morgan fingerprint density at radius 1 is 1.21 bits per heavy atom. The van der Waals surface area contributed by atoms with Crippen molar-refractivity contribution < 1.29 is 9.53 Å². The molecule has 0 atom stereocenters. The first kappa shape index (κ1) is 16.7. The van der Waals surface area contributed by atoms with Crippen molar-refractivity contribution in [2.75, 3.05) is 6.61 Å². The van der Waals surface area contributed by atoms with Crippen LogP contribution in [0.1, 0.15) is 11.1 Å². The molecule has 0 unspecified atom stereocenters. The third-order valence-corrected chi connectivity index (χ3v) is 5.17. The van der Waals surface area contributed by atoms with E-state index < -0.39 is 0 Å². The number of halogens is 1. The van der Waals surface area contributed by atoms with E-state index in [1.807, 2.05) is 11.6 Å². The summed E-state index contributed by atoms with van der Waals surface area (Å²) in [5, 5.41) is 0.626. The molecule has 24 heavy (non-hydrogen) atoms. The Kier molecular flexibility index (Phi) is 4.73. The summed E-state index contributed by atoms with van der Waals surface area (Å²) in [6.07, 6.45) is 0. The summed E-state index contributed by atoms with van der Waals surface area (Å²) >= 11 is 7.32. The van der Waals surface area contributed by atoms with Crippen molar-refractivity contribution in [2.24, 2.45) is 12.0 Å². The summed E-state index contributed by atoms with van der Waals surface area (Å²) in [4.78, 5) is 16.9. The van der Waals surface area contributed by atoms with Gasteiger partial charge in [-0.3, -0.25) is 4.79 Å². The molecule has 4 nitrogen and oxygen atoms in total. The van der Waals surface area contributed by atoms with Gasteiger partial charge in [0, 0.05) is 12.1 Å². The van der Waals surface area contributed by atoms with Crippen LogP contribution < -0.4 is 9.54 Å². The van der Waals surface area contributed by atoms with E-state index in [0.717, 1.165) is 10.2 Å². The highest BCUT2D eigenvalue weighted by molar-refractivity contribution is 7.16. The fraction of sp³-hybridized carbons (Fsp3) is 0.222. The van der Waals surface area contributed by atoms with E-state index in [9.17, 15) is 4.79 Å². The minimum absolute atomic E-state index is 0.103. The van der Waals surface area contributed by atoms with Crippen LogP contribution in [0.5, 0.6) is 5.75 Å². The predicted octanol–water partition coefficient (Wildman–Crippen LogP) is 4.02. The molecular weight excluding hydrogens is 344 g/mol. The third kappa shape index (κ3) is 3.52. The number of rotatable bonds is 3. The van der Waals surface area contributed by atoms with Crippen molar-refractivity contribution in [1.29, 1.82) is 0 Å². The lowest BCUT2D eigenvalue weighted by molar-refractivity contribution is -0.120. The van der Waals surface area contributed by atoms with Crippen molar-refractivity contribution in [2.45, 2.75) is 13.8 Å². The lowest BCUT2D eigenvalue weighted by Crippen LogP contribution is -2.17. The Morgan fingerprint density at radius 2 is 1.88 bits per heavy atom. The Bertz CT molecular complexity index is 971. The number of aromatic nitrogens is 1. The fourth-order valence-corrected chi connectivity index (χ4v) is 3.54. The smallest absolute Gasteiger partial charge is 0.286 e. The van der Waals surface area contributed by atoms with Crippen LogP contribution in [0.25, 0.3) is 10.2 Å². The van der Waals surface area contributed by atoms with E-state index in [0.29, 0.717) is 15.6 Å². The molecule has 0 saturated heterocycles. The van der Waals surface area contributed by atoms with Crippen molar-refractivity contribution >= 4 is 39.1 Å². The van der Waals surface area contributed by atoms with E-state index >= 15 is 0 Å². The molecule has 3 rings (SSSR count). The lowest BCUT2D eigenvalue weighted by Gasteiger charge is -2.03. The maximum Gasteiger partial charge on any atom is 0.286 e. The third-order valence-electron chi connectivity index (χ3n) is 3.82. The molecule has 0 radical (unpaired) electrons. The van der Waals surface area contributed by atoms with E-state index in [2.05, 4.69) is 31.0 Å². The summed E-state index contributed by atoms with van der Waals surface area (Å²) in [5.74, 6) is 0.274. The van der Waals surface area contributed by atoms with Crippen LogP contribution in [0.2, 0.25) is 5.02 Å². The van der Waals surface area contributed by atoms with Gasteiger partial charge in [0.15, 0.2) is 11.4 Å². The zero-order valence-corrected chi connectivity index (χ0v) is 15.2. The Balaban J connectivity index is 1.82. The molecule has 1 heterocycles. The van der Waals surface area contributed by atoms with Crippen LogP contribution >= 0.6 is 22.9 Å². The molecule has 2 aromatic carbocycles. The number of fused-ring (bicyclic) bond motifs is 1. The van der Waals surface area contributed by atoms with Gasteiger partial charge in [0.25, 0.3) is 5.91 Å². The van der Waals surface area contributed by atoms with Gasteiger partial charge in [-0.05, 0) is 61.4 Å². The van der Waals surface area contributed by atoms with Gasteiger partial charge in [-0.1, -0.05) is 22.9 Å². The molecule has 0 aliphatic carbocycles. The van der Waals surface area contributed by atoms with Crippen molar-refractivity contribution in [3.63, 3.8) is 0 Å². The number of hydrogen-bond acceptors (Lipinski definition) is 3. The minimum Gasteiger partial charge on any atom is -0.484 e. The maximum atomic E-state index is 12.1. The summed E-state index contributed by atoms with van der Waals surface area (Å²) in [5.41, 5.74) is 3.53. The van der Waals surface area contributed by atoms with Crippen molar-refractivity contribution in [3.8, 4) is 5.75 Å². The molecule has 0 aliphatic heterocycles. The van der Waals surface area contributed by atoms with Gasteiger partial charge in [0.05, 0.1) is 10.2 Å². The second kappa shape index (κ2) is 6.79. The van der Waals surface area contributed by atoms with Crippen molar-refractivity contribution in [1.82, 2.24) is 4.57 Å². The zero-order valence-electron chi connectivity index (χ0n) is 13.7. The van der Waals surface area contributed by atoms with Crippen LogP contribution in [-0.2, 0) is 11.8 Å². The van der Waals surface area contributed by atoms with E-state index in [-0.39, 0.29) is 12.5 Å². The molecule has 1 aromatic heterocycles. The SMILES string of the molecule is Cc1cc2sc(=NC(=O)COc3ccc(Cl)cc3)n(C)c2cc1C. The standard InChI is InChI=1S/C18H17ClN2O2S/c1-11-8-15-16(9-12(11)2)24-18(21(15)3)20-17(22)10-23-14-6-4-13(19)5-7-14/h4-9H,10H2,1-3H3. The highest BCUT2D eigenvalue weighted by atomic mass is 35.5. The normalized spacial score (nSPS) is 11.9. The molecule has 1 amide bonds. The first-order valence-electron chi connectivity index (χ1n) is 7.47. The molecule has 0 spiro atoms. The van der Waals surface area contributed by atoms with Crippen LogP contribution in [-0.4, -0.2) is 17.1 Å². The molecule has 6 heteroatoms. The Morgan fingerprint density at radius 3 is 2.58 bits per heavy atom. The first-order chi connectivity index (χ1) is 11.4. The van der Waals surface area contributed by atoms with Gasteiger partial charge in [-0.2, -0.15) is 4.99 Å². The van der Waals surface area contributed by atoms with Gasteiger partial charge in [-0.25, -0.2) is 0 Å². The van der Waals surface area contributed by atoms with Crippen LogP contribution in [0.4, 0.5) is 0 Å². The average Bonchev–Trinajstić information content (AvgIpc) is 2.83.